The van der Waals surface area contributed by atoms with Gasteiger partial charge in [0.05, 0.1) is 6.10 Å². The number of piperidine rings is 1. The monoisotopic (exact) mass is 245 g/mol. The molecule has 2 bridgehead atoms. The largest absolute Gasteiger partial charge is 0.392 e. The first kappa shape index (κ1) is 12.7. The van der Waals surface area contributed by atoms with E-state index in [9.17, 15) is 5.11 Å². The number of aliphatic hydroxyl groups is 1. The molecular formula is C13H24ClNO. The third kappa shape index (κ3) is 2.12. The first-order chi connectivity index (χ1) is 7.36. The molecule has 2 nitrogen and oxygen atoms in total. The molecule has 0 spiro atoms. The normalized spacial score (nSPS) is 44.1. The minimum Gasteiger partial charge on any atom is -0.392 e. The predicted molar refractivity (Wildman–Crippen MR) is 67.9 cm³/mol. The summed E-state index contributed by atoms with van der Waals surface area (Å²) in [7, 11) is 0. The van der Waals surface area contributed by atoms with Crippen molar-refractivity contribution in [2.24, 2.45) is 11.8 Å². The van der Waals surface area contributed by atoms with Crippen LogP contribution in [0.5, 0.6) is 0 Å². The summed E-state index contributed by atoms with van der Waals surface area (Å²) in [6, 6.07) is 0.721. The number of rotatable bonds is 1. The van der Waals surface area contributed by atoms with E-state index in [4.69, 9.17) is 0 Å². The van der Waals surface area contributed by atoms with E-state index in [1.54, 1.807) is 0 Å². The van der Waals surface area contributed by atoms with Gasteiger partial charge >= 0.3 is 0 Å². The maximum atomic E-state index is 10.2. The molecule has 16 heavy (non-hydrogen) atoms. The van der Waals surface area contributed by atoms with Gasteiger partial charge in [0.1, 0.15) is 0 Å². The molecule has 1 heterocycles. The van der Waals surface area contributed by atoms with Crippen LogP contribution in [0.15, 0.2) is 0 Å². The van der Waals surface area contributed by atoms with Crippen LogP contribution in [0.2, 0.25) is 0 Å². The molecule has 0 aromatic carbocycles. The van der Waals surface area contributed by atoms with Crippen molar-refractivity contribution in [3.63, 3.8) is 0 Å². The summed E-state index contributed by atoms with van der Waals surface area (Å²) < 4.78 is 0. The Morgan fingerprint density at radius 1 is 0.875 bits per heavy atom. The second-order valence-corrected chi connectivity index (χ2v) is 5.73. The Kier molecular flexibility index (Phi) is 4.15. The zero-order valence-corrected chi connectivity index (χ0v) is 10.8. The van der Waals surface area contributed by atoms with Crippen molar-refractivity contribution in [2.75, 3.05) is 13.1 Å². The highest BCUT2D eigenvalue weighted by molar-refractivity contribution is 5.85. The molecule has 0 aromatic rings. The highest BCUT2D eigenvalue weighted by Crippen LogP contribution is 2.44. The third-order valence-electron chi connectivity index (χ3n) is 4.98. The van der Waals surface area contributed by atoms with Crippen molar-refractivity contribution in [1.82, 2.24) is 4.90 Å². The van der Waals surface area contributed by atoms with Crippen molar-refractivity contribution < 1.29 is 5.11 Å². The number of hydrogen-bond donors (Lipinski definition) is 1. The first-order valence-electron chi connectivity index (χ1n) is 6.78. The van der Waals surface area contributed by atoms with Crippen molar-refractivity contribution in [1.29, 1.82) is 0 Å². The van der Waals surface area contributed by atoms with Gasteiger partial charge in [-0.1, -0.05) is 6.42 Å². The SMILES string of the molecule is Cl.OC1[C@@H]2CC[C@H]1[C@H](N1CCCCC1)CC2. The summed E-state index contributed by atoms with van der Waals surface area (Å²) in [5, 5.41) is 10.2. The molecule has 94 valence electrons. The van der Waals surface area contributed by atoms with Gasteiger partial charge < -0.3 is 10.0 Å². The molecule has 4 atom stereocenters. The minimum absolute atomic E-state index is 0. The predicted octanol–water partition coefficient (Wildman–Crippen LogP) is 2.44. The number of likely N-dealkylation sites (tertiary alicyclic amines) is 1. The van der Waals surface area contributed by atoms with Gasteiger partial charge in [0.25, 0.3) is 0 Å². The average Bonchev–Trinajstić information content (AvgIpc) is 2.54. The van der Waals surface area contributed by atoms with Crippen molar-refractivity contribution in [3.8, 4) is 0 Å². The Bertz CT molecular complexity index is 230. The molecule has 0 aromatic heterocycles. The number of aliphatic hydroxyl groups excluding tert-OH is 1. The fourth-order valence-corrected chi connectivity index (χ4v) is 4.14. The molecule has 2 aliphatic carbocycles. The number of fused-ring (bicyclic) bond motifs is 2. The molecule has 1 N–H and O–H groups in total. The molecular weight excluding hydrogens is 222 g/mol. The lowest BCUT2D eigenvalue weighted by molar-refractivity contribution is -0.00651. The number of nitrogens with zero attached hydrogens (tertiary/aromatic N) is 1. The van der Waals surface area contributed by atoms with E-state index in [0.717, 1.165) is 6.04 Å². The Morgan fingerprint density at radius 2 is 1.56 bits per heavy atom. The zero-order valence-electron chi connectivity index (χ0n) is 9.98. The smallest absolute Gasteiger partial charge is 0.0611 e. The van der Waals surface area contributed by atoms with Gasteiger partial charge in [-0.3, -0.25) is 0 Å². The molecule has 3 heteroatoms. The van der Waals surface area contributed by atoms with E-state index in [1.165, 1.54) is 58.0 Å². The molecule has 0 amide bonds. The van der Waals surface area contributed by atoms with Crippen molar-refractivity contribution >= 4 is 12.4 Å². The summed E-state index contributed by atoms with van der Waals surface area (Å²) in [5.41, 5.74) is 0. The molecule has 3 fully saturated rings. The van der Waals surface area contributed by atoms with Crippen molar-refractivity contribution in [2.45, 2.75) is 57.1 Å². The fraction of sp³-hybridized carbons (Fsp3) is 1.00. The minimum atomic E-state index is 0. The lowest BCUT2D eigenvalue weighted by Crippen LogP contribution is -2.48. The second kappa shape index (κ2) is 5.24. The first-order valence-corrected chi connectivity index (χ1v) is 6.78. The van der Waals surface area contributed by atoms with E-state index < -0.39 is 0 Å². The van der Waals surface area contributed by atoms with Crippen LogP contribution in [0.1, 0.15) is 44.9 Å². The van der Waals surface area contributed by atoms with Crippen LogP contribution < -0.4 is 0 Å². The highest BCUT2D eigenvalue weighted by atomic mass is 35.5. The zero-order chi connectivity index (χ0) is 10.3. The molecule has 1 unspecified atom stereocenters. The van der Waals surface area contributed by atoms with Gasteiger partial charge in [-0.25, -0.2) is 0 Å². The Balaban J connectivity index is 0.000000963. The van der Waals surface area contributed by atoms with Gasteiger partial charge in [-0.2, -0.15) is 0 Å². The van der Waals surface area contributed by atoms with Gasteiger partial charge in [0.15, 0.2) is 0 Å². The number of hydrogen-bond acceptors (Lipinski definition) is 2. The van der Waals surface area contributed by atoms with E-state index in [0.29, 0.717) is 11.8 Å². The summed E-state index contributed by atoms with van der Waals surface area (Å²) in [6.45, 7) is 2.58. The quantitative estimate of drug-likeness (QED) is 0.767. The average molecular weight is 246 g/mol. The van der Waals surface area contributed by atoms with Crippen molar-refractivity contribution in [3.05, 3.63) is 0 Å². The maximum Gasteiger partial charge on any atom is 0.0611 e. The van der Waals surface area contributed by atoms with Crippen LogP contribution in [0.3, 0.4) is 0 Å². The maximum absolute atomic E-state index is 10.2. The summed E-state index contributed by atoms with van der Waals surface area (Å²) in [6.07, 6.45) is 9.41. The van der Waals surface area contributed by atoms with Gasteiger partial charge in [-0.15, -0.1) is 12.4 Å². The van der Waals surface area contributed by atoms with Crippen LogP contribution in [0.4, 0.5) is 0 Å². The van der Waals surface area contributed by atoms with E-state index in [1.807, 2.05) is 0 Å². The lowest BCUT2D eigenvalue weighted by Gasteiger charge is -2.42. The molecule has 1 aliphatic heterocycles. The highest BCUT2D eigenvalue weighted by Gasteiger charge is 2.45. The van der Waals surface area contributed by atoms with Gasteiger partial charge in [-0.05, 0) is 57.5 Å². The second-order valence-electron chi connectivity index (χ2n) is 5.73. The summed E-state index contributed by atoms with van der Waals surface area (Å²) >= 11 is 0. The van der Waals surface area contributed by atoms with Gasteiger partial charge in [0, 0.05) is 12.0 Å². The summed E-state index contributed by atoms with van der Waals surface area (Å²) in [4.78, 5) is 2.68. The van der Waals surface area contributed by atoms with E-state index >= 15 is 0 Å². The molecule has 3 rings (SSSR count). The molecule has 3 aliphatic rings. The Morgan fingerprint density at radius 3 is 2.31 bits per heavy atom. The standard InChI is InChI=1S/C13H23NO.ClH/c15-13-10-4-6-11(13)12(7-5-10)14-8-2-1-3-9-14;/h10-13,15H,1-9H2;1H/t10-,11+,12-,13?;/m1./s1. The van der Waals surface area contributed by atoms with Crippen LogP contribution in [-0.4, -0.2) is 35.2 Å². The van der Waals surface area contributed by atoms with Crippen LogP contribution in [0.25, 0.3) is 0 Å². The van der Waals surface area contributed by atoms with Crippen LogP contribution in [-0.2, 0) is 0 Å². The molecule has 1 saturated heterocycles. The Hall–Kier alpha value is 0.210. The molecule has 2 saturated carbocycles. The van der Waals surface area contributed by atoms with Crippen LogP contribution >= 0.6 is 12.4 Å². The Labute approximate surface area is 105 Å². The molecule has 0 radical (unpaired) electrons. The summed E-state index contributed by atoms with van der Waals surface area (Å²) in [5.74, 6) is 1.26. The van der Waals surface area contributed by atoms with Gasteiger partial charge in [0.2, 0.25) is 0 Å². The van der Waals surface area contributed by atoms with Crippen LogP contribution in [0, 0.1) is 11.8 Å². The van der Waals surface area contributed by atoms with E-state index in [-0.39, 0.29) is 18.5 Å². The lowest BCUT2D eigenvalue weighted by atomic mass is 9.81. The third-order valence-corrected chi connectivity index (χ3v) is 4.98. The number of halogens is 1. The topological polar surface area (TPSA) is 23.5 Å². The fourth-order valence-electron chi connectivity index (χ4n) is 4.14. The van der Waals surface area contributed by atoms with E-state index in [2.05, 4.69) is 4.90 Å².